The molecule has 0 unspecified atom stereocenters. The lowest BCUT2D eigenvalue weighted by Crippen LogP contribution is -2.46. The second-order valence-electron chi connectivity index (χ2n) is 4.64. The molecule has 8 heteroatoms. The van der Waals surface area contributed by atoms with Crippen molar-refractivity contribution in [2.75, 3.05) is 20.5 Å². The molecule has 0 bridgehead atoms. The van der Waals surface area contributed by atoms with Gasteiger partial charge in [-0.05, 0) is 6.92 Å². The quantitative estimate of drug-likeness (QED) is 0.642. The summed E-state index contributed by atoms with van der Waals surface area (Å²) in [4.78, 5) is 15.9. The Morgan fingerprint density at radius 3 is 2.85 bits per heavy atom. The molecule has 3 heterocycles. The highest BCUT2D eigenvalue weighted by atomic mass is 16.8. The van der Waals surface area contributed by atoms with E-state index in [1.807, 2.05) is 0 Å². The zero-order valence-electron chi connectivity index (χ0n) is 11.3. The summed E-state index contributed by atoms with van der Waals surface area (Å²) in [5.74, 6) is -0.439. The third-order valence-electron chi connectivity index (χ3n) is 3.56. The molecule has 112 valence electrons. The number of methoxy groups -OCH3 is 1. The van der Waals surface area contributed by atoms with Crippen LogP contribution >= 0.6 is 0 Å². The molecule has 0 aromatic carbocycles. The summed E-state index contributed by atoms with van der Waals surface area (Å²) >= 11 is 0. The van der Waals surface area contributed by atoms with Crippen molar-refractivity contribution in [3.05, 3.63) is 0 Å². The van der Waals surface area contributed by atoms with Crippen molar-refractivity contribution in [3.8, 4) is 0 Å². The first-order valence-corrected chi connectivity index (χ1v) is 6.51. The monoisotopic (exact) mass is 287 g/mol. The Bertz CT molecular complexity index is 401. The van der Waals surface area contributed by atoms with E-state index in [0.29, 0.717) is 0 Å². The smallest absolute Gasteiger partial charge is 0.334 e. The minimum Gasteiger partial charge on any atom is -0.475 e. The van der Waals surface area contributed by atoms with Crippen LogP contribution in [0, 0.1) is 0 Å². The molecule has 0 N–H and O–H groups in total. The highest BCUT2D eigenvalue weighted by Gasteiger charge is 2.56. The Labute approximate surface area is 115 Å². The minimum atomic E-state index is -0.750. The molecule has 2 fully saturated rings. The summed E-state index contributed by atoms with van der Waals surface area (Å²) < 4.78 is 32.3. The number of carbonyl (C=O) groups is 1. The lowest BCUT2D eigenvalue weighted by atomic mass is 10.0. The number of esters is 1. The molecule has 0 saturated carbocycles. The summed E-state index contributed by atoms with van der Waals surface area (Å²) in [5.41, 5.74) is 0. The first-order valence-electron chi connectivity index (χ1n) is 6.51. The molecule has 0 aromatic rings. The van der Waals surface area contributed by atoms with E-state index in [1.54, 1.807) is 6.92 Å². The van der Waals surface area contributed by atoms with Crippen LogP contribution < -0.4 is 0 Å². The molecule has 6 atom stereocenters. The standard InChI is InChI=1S/C12H17NO7/c1-3-16-11(14)6-7(17-4-13-6)9-8-10(19-5-18-8)12(15-2)20-9/h4,6-10,12H,3,5H2,1-2H3/t6-,7-,8-,9-,10-,12-/m1/s1. The fraction of sp³-hybridized carbons (Fsp3) is 0.833. The number of fused-ring (bicyclic) bond motifs is 1. The number of nitrogens with zero attached hydrogens (tertiary/aromatic N) is 1. The minimum absolute atomic E-state index is 0.173. The number of hydrogen-bond donors (Lipinski definition) is 0. The number of ether oxygens (including phenoxy) is 6. The van der Waals surface area contributed by atoms with E-state index in [1.165, 1.54) is 13.5 Å². The summed E-state index contributed by atoms with van der Waals surface area (Å²) in [6.07, 6.45) is -1.05. The van der Waals surface area contributed by atoms with Crippen molar-refractivity contribution in [2.45, 2.75) is 43.7 Å². The van der Waals surface area contributed by atoms with Crippen LogP contribution in [0.25, 0.3) is 0 Å². The van der Waals surface area contributed by atoms with Crippen LogP contribution in [0.5, 0.6) is 0 Å². The molecule has 20 heavy (non-hydrogen) atoms. The number of aliphatic imine (C=N–C) groups is 1. The molecule has 0 amide bonds. The lowest BCUT2D eigenvalue weighted by molar-refractivity contribution is -0.188. The Balaban J connectivity index is 1.73. The van der Waals surface area contributed by atoms with Crippen molar-refractivity contribution >= 4 is 12.4 Å². The number of rotatable bonds is 4. The predicted molar refractivity (Wildman–Crippen MR) is 64.1 cm³/mol. The zero-order valence-corrected chi connectivity index (χ0v) is 11.3. The average molecular weight is 287 g/mol. The fourth-order valence-corrected chi connectivity index (χ4v) is 2.68. The molecule has 2 saturated heterocycles. The van der Waals surface area contributed by atoms with Gasteiger partial charge in [0.15, 0.2) is 24.8 Å². The van der Waals surface area contributed by atoms with Gasteiger partial charge in [0.25, 0.3) is 0 Å². The van der Waals surface area contributed by atoms with Gasteiger partial charge in [0.2, 0.25) is 0 Å². The summed E-state index contributed by atoms with van der Waals surface area (Å²) in [6.45, 7) is 2.20. The van der Waals surface area contributed by atoms with Crippen LogP contribution in [0.4, 0.5) is 0 Å². The maximum Gasteiger partial charge on any atom is 0.334 e. The van der Waals surface area contributed by atoms with Crippen LogP contribution in [-0.4, -0.2) is 69.6 Å². The Kier molecular flexibility index (Phi) is 3.88. The second kappa shape index (κ2) is 5.65. The number of hydrogen-bond acceptors (Lipinski definition) is 8. The maximum absolute atomic E-state index is 11.9. The molecule has 3 aliphatic rings. The fourth-order valence-electron chi connectivity index (χ4n) is 2.68. The van der Waals surface area contributed by atoms with E-state index < -0.39 is 30.5 Å². The topological polar surface area (TPSA) is 84.8 Å². The lowest BCUT2D eigenvalue weighted by Gasteiger charge is -2.24. The van der Waals surface area contributed by atoms with Gasteiger partial charge in [-0.3, -0.25) is 0 Å². The van der Waals surface area contributed by atoms with Crippen molar-refractivity contribution in [3.63, 3.8) is 0 Å². The van der Waals surface area contributed by atoms with Crippen LogP contribution in [0.1, 0.15) is 6.92 Å². The van der Waals surface area contributed by atoms with E-state index in [0.717, 1.165) is 0 Å². The first-order chi connectivity index (χ1) is 9.76. The molecule has 3 aliphatic heterocycles. The van der Waals surface area contributed by atoms with Crippen LogP contribution in [0.3, 0.4) is 0 Å². The van der Waals surface area contributed by atoms with Gasteiger partial charge in [-0.15, -0.1) is 0 Å². The molecular formula is C12H17NO7. The van der Waals surface area contributed by atoms with Gasteiger partial charge in [0, 0.05) is 7.11 Å². The van der Waals surface area contributed by atoms with Crippen molar-refractivity contribution < 1.29 is 33.2 Å². The normalized spacial score (nSPS) is 42.5. The molecular weight excluding hydrogens is 270 g/mol. The molecule has 0 aromatic heterocycles. The molecule has 8 nitrogen and oxygen atoms in total. The highest BCUT2D eigenvalue weighted by Crippen LogP contribution is 2.35. The van der Waals surface area contributed by atoms with Gasteiger partial charge in [-0.1, -0.05) is 0 Å². The summed E-state index contributed by atoms with van der Waals surface area (Å²) in [5, 5.41) is 0. The highest BCUT2D eigenvalue weighted by molar-refractivity contribution is 5.80. The van der Waals surface area contributed by atoms with Crippen LogP contribution in [-0.2, 0) is 33.2 Å². The SMILES string of the molecule is CCOC(=O)[C@@H]1N=CO[C@H]1[C@H]1O[C@@H](OC)[C@@H]2OCO[C@H]12. The van der Waals surface area contributed by atoms with Crippen molar-refractivity contribution in [1.82, 2.24) is 0 Å². The predicted octanol–water partition coefficient (Wildman–Crippen LogP) is -0.542. The Morgan fingerprint density at radius 1 is 1.30 bits per heavy atom. The Hall–Kier alpha value is -1.22. The van der Waals surface area contributed by atoms with Gasteiger partial charge < -0.3 is 28.4 Å². The second-order valence-corrected chi connectivity index (χ2v) is 4.64. The largest absolute Gasteiger partial charge is 0.475 e. The molecule has 0 aliphatic carbocycles. The van der Waals surface area contributed by atoms with Gasteiger partial charge in [-0.25, -0.2) is 9.79 Å². The van der Waals surface area contributed by atoms with E-state index >= 15 is 0 Å². The van der Waals surface area contributed by atoms with Crippen molar-refractivity contribution in [2.24, 2.45) is 4.99 Å². The van der Waals surface area contributed by atoms with Gasteiger partial charge in [0.05, 0.1) is 6.61 Å². The van der Waals surface area contributed by atoms with E-state index in [9.17, 15) is 4.79 Å². The first kappa shape index (κ1) is 13.7. The third kappa shape index (κ3) is 2.18. The zero-order chi connectivity index (χ0) is 14.1. The van der Waals surface area contributed by atoms with Gasteiger partial charge >= 0.3 is 5.97 Å². The van der Waals surface area contributed by atoms with E-state index in [-0.39, 0.29) is 25.6 Å². The summed E-state index contributed by atoms with van der Waals surface area (Å²) in [7, 11) is 1.53. The molecule has 0 spiro atoms. The average Bonchev–Trinajstić information content (AvgIpc) is 3.14. The van der Waals surface area contributed by atoms with Crippen molar-refractivity contribution in [1.29, 1.82) is 0 Å². The van der Waals surface area contributed by atoms with Gasteiger partial charge in [-0.2, -0.15) is 0 Å². The third-order valence-corrected chi connectivity index (χ3v) is 3.56. The van der Waals surface area contributed by atoms with Crippen LogP contribution in [0.15, 0.2) is 4.99 Å². The molecule has 0 radical (unpaired) electrons. The van der Waals surface area contributed by atoms with Crippen LogP contribution in [0.2, 0.25) is 0 Å². The van der Waals surface area contributed by atoms with E-state index in [4.69, 9.17) is 28.4 Å². The Morgan fingerprint density at radius 2 is 2.10 bits per heavy atom. The summed E-state index contributed by atoms with van der Waals surface area (Å²) in [6, 6.07) is -0.750. The van der Waals surface area contributed by atoms with Gasteiger partial charge in [0.1, 0.15) is 25.1 Å². The number of carbonyl (C=O) groups excluding carboxylic acids is 1. The van der Waals surface area contributed by atoms with E-state index in [2.05, 4.69) is 4.99 Å². The molecule has 3 rings (SSSR count). The maximum atomic E-state index is 11.9.